The minimum Gasteiger partial charge on any atom is -0.508 e. The minimum atomic E-state index is -0.590. The molecule has 6 heteroatoms. The number of nitrogens with one attached hydrogen (secondary N) is 1. The van der Waals surface area contributed by atoms with Gasteiger partial charge in [-0.1, -0.05) is 24.3 Å². The number of nitrogens with zero attached hydrogens (tertiary/aromatic N) is 2. The van der Waals surface area contributed by atoms with Gasteiger partial charge in [0.05, 0.1) is 5.69 Å². The van der Waals surface area contributed by atoms with Crippen LogP contribution in [0.5, 0.6) is 5.75 Å². The second kappa shape index (κ2) is 6.87. The van der Waals surface area contributed by atoms with Crippen LogP contribution in [-0.4, -0.2) is 15.1 Å². The van der Waals surface area contributed by atoms with E-state index in [0.717, 1.165) is 29.3 Å². The van der Waals surface area contributed by atoms with Crippen LogP contribution in [0.3, 0.4) is 0 Å². The Morgan fingerprint density at radius 3 is 2.42 bits per heavy atom. The van der Waals surface area contributed by atoms with E-state index in [2.05, 4.69) is 15.3 Å². The van der Waals surface area contributed by atoms with E-state index in [-0.39, 0.29) is 17.4 Å². The third-order valence-corrected chi connectivity index (χ3v) is 3.19. The first kappa shape index (κ1) is 15.6. The highest BCUT2D eigenvalue weighted by Gasteiger charge is 2.05. The fraction of sp³-hybridized carbons (Fsp3) is 0. The summed E-state index contributed by atoms with van der Waals surface area (Å²) in [5.74, 6) is -0.795. The number of hydrogen-bond acceptors (Lipinski definition) is 4. The quantitative estimate of drug-likeness (QED) is 0.747. The molecule has 0 bridgehead atoms. The van der Waals surface area contributed by atoms with E-state index in [1.165, 1.54) is 0 Å². The van der Waals surface area contributed by atoms with Gasteiger partial charge in [0.2, 0.25) is 5.95 Å². The lowest BCUT2D eigenvalue weighted by molar-refractivity contribution is 0.475. The molecule has 0 aliphatic heterocycles. The lowest BCUT2D eigenvalue weighted by atomic mass is 10.2. The third kappa shape index (κ3) is 3.92. The van der Waals surface area contributed by atoms with Gasteiger partial charge in [0.1, 0.15) is 17.4 Å². The number of rotatable bonds is 4. The van der Waals surface area contributed by atoms with Crippen molar-refractivity contribution in [1.29, 1.82) is 0 Å². The molecule has 0 aliphatic carbocycles. The van der Waals surface area contributed by atoms with Crippen LogP contribution < -0.4 is 5.32 Å². The summed E-state index contributed by atoms with van der Waals surface area (Å²) in [4.78, 5) is 8.13. The van der Waals surface area contributed by atoms with Gasteiger partial charge in [0.25, 0.3) is 0 Å². The predicted octanol–water partition coefficient (Wildman–Crippen LogP) is 4.37. The number of benzene rings is 2. The number of aromatic nitrogens is 2. The molecule has 3 rings (SSSR count). The first-order valence-corrected chi connectivity index (χ1v) is 7.11. The van der Waals surface area contributed by atoms with Crippen LogP contribution in [0.25, 0.3) is 12.2 Å². The number of anilines is 2. The molecule has 1 heterocycles. The van der Waals surface area contributed by atoms with Gasteiger partial charge in [-0.15, -0.1) is 0 Å². The van der Waals surface area contributed by atoms with E-state index < -0.39 is 11.6 Å². The molecule has 0 fully saturated rings. The standard InChI is InChI=1S/C18H13F2N3O/c19-14-6-7-16(20)17(9-14)23-18-21-10-13(11-22-18)5-4-12-2-1-3-15(24)8-12/h1-11,24H,(H,21,22,23). The molecular weight excluding hydrogens is 312 g/mol. The number of phenolic OH excluding ortho intramolecular Hbond substituents is 1. The van der Waals surface area contributed by atoms with E-state index in [1.807, 2.05) is 6.07 Å². The van der Waals surface area contributed by atoms with Gasteiger partial charge in [-0.2, -0.15) is 0 Å². The maximum atomic E-state index is 13.6. The molecule has 24 heavy (non-hydrogen) atoms. The molecule has 3 aromatic rings. The van der Waals surface area contributed by atoms with Gasteiger partial charge in [-0.05, 0) is 29.8 Å². The Bertz CT molecular complexity index is 880. The van der Waals surface area contributed by atoms with Crippen molar-refractivity contribution in [3.63, 3.8) is 0 Å². The van der Waals surface area contributed by atoms with Crippen LogP contribution in [0.1, 0.15) is 11.1 Å². The zero-order valence-electron chi connectivity index (χ0n) is 12.4. The zero-order chi connectivity index (χ0) is 16.9. The molecule has 2 N–H and O–H groups in total. The molecule has 4 nitrogen and oxygen atoms in total. The van der Waals surface area contributed by atoms with Gasteiger partial charge in [-0.25, -0.2) is 18.7 Å². The predicted molar refractivity (Wildman–Crippen MR) is 88.7 cm³/mol. The Balaban J connectivity index is 1.72. The first-order valence-electron chi connectivity index (χ1n) is 7.11. The van der Waals surface area contributed by atoms with Crippen LogP contribution in [0.2, 0.25) is 0 Å². The molecule has 0 saturated heterocycles. The topological polar surface area (TPSA) is 58.0 Å². The summed E-state index contributed by atoms with van der Waals surface area (Å²) in [5.41, 5.74) is 1.53. The summed E-state index contributed by atoms with van der Waals surface area (Å²) >= 11 is 0. The molecule has 2 aromatic carbocycles. The van der Waals surface area contributed by atoms with Gasteiger partial charge < -0.3 is 10.4 Å². The molecule has 0 radical (unpaired) electrons. The van der Waals surface area contributed by atoms with E-state index in [9.17, 15) is 13.9 Å². The van der Waals surface area contributed by atoms with Crippen LogP contribution in [0.15, 0.2) is 54.9 Å². The molecule has 120 valence electrons. The van der Waals surface area contributed by atoms with Gasteiger partial charge in [0.15, 0.2) is 0 Å². The lowest BCUT2D eigenvalue weighted by Crippen LogP contribution is -1.99. The maximum absolute atomic E-state index is 13.6. The number of phenols is 1. The fourth-order valence-electron chi connectivity index (χ4n) is 2.02. The summed E-state index contributed by atoms with van der Waals surface area (Å²) in [7, 11) is 0. The van der Waals surface area contributed by atoms with Crippen molar-refractivity contribution < 1.29 is 13.9 Å². The highest BCUT2D eigenvalue weighted by Crippen LogP contribution is 2.19. The minimum absolute atomic E-state index is 0.0296. The average Bonchev–Trinajstić information content (AvgIpc) is 2.58. The summed E-state index contributed by atoms with van der Waals surface area (Å²) in [6.45, 7) is 0. The molecular formula is C18H13F2N3O. The lowest BCUT2D eigenvalue weighted by Gasteiger charge is -2.06. The van der Waals surface area contributed by atoms with Crippen molar-refractivity contribution in [1.82, 2.24) is 9.97 Å². The van der Waals surface area contributed by atoms with Crippen LogP contribution in [-0.2, 0) is 0 Å². The largest absolute Gasteiger partial charge is 0.508 e. The van der Waals surface area contributed by atoms with E-state index >= 15 is 0 Å². The van der Waals surface area contributed by atoms with Crippen molar-refractivity contribution in [2.75, 3.05) is 5.32 Å². The van der Waals surface area contributed by atoms with Crippen molar-refractivity contribution in [2.45, 2.75) is 0 Å². The summed E-state index contributed by atoms with van der Waals surface area (Å²) in [6, 6.07) is 9.91. The van der Waals surface area contributed by atoms with Gasteiger partial charge >= 0.3 is 0 Å². The molecule has 0 unspecified atom stereocenters. The van der Waals surface area contributed by atoms with Crippen LogP contribution in [0.4, 0.5) is 20.4 Å². The molecule has 0 amide bonds. The normalized spacial score (nSPS) is 10.9. The van der Waals surface area contributed by atoms with Crippen molar-refractivity contribution >= 4 is 23.8 Å². The fourth-order valence-corrected chi connectivity index (χ4v) is 2.02. The summed E-state index contributed by atoms with van der Waals surface area (Å²) in [5, 5.41) is 12.0. The SMILES string of the molecule is Oc1cccc(C=Cc2cnc(Nc3cc(F)ccc3F)nc2)c1. The molecule has 0 saturated carbocycles. The molecule has 0 aliphatic rings. The zero-order valence-corrected chi connectivity index (χ0v) is 12.4. The van der Waals surface area contributed by atoms with Gasteiger partial charge in [0, 0.05) is 24.0 Å². The average molecular weight is 325 g/mol. The maximum Gasteiger partial charge on any atom is 0.227 e. The number of hydrogen-bond donors (Lipinski definition) is 2. The van der Waals surface area contributed by atoms with Crippen LogP contribution in [0, 0.1) is 11.6 Å². The molecule has 1 aromatic heterocycles. The van der Waals surface area contributed by atoms with E-state index in [4.69, 9.17) is 0 Å². The van der Waals surface area contributed by atoms with Crippen molar-refractivity contribution in [2.24, 2.45) is 0 Å². The highest BCUT2D eigenvalue weighted by atomic mass is 19.1. The second-order valence-corrected chi connectivity index (χ2v) is 5.02. The Morgan fingerprint density at radius 2 is 1.67 bits per heavy atom. The Kier molecular flexibility index (Phi) is 4.47. The van der Waals surface area contributed by atoms with Crippen molar-refractivity contribution in [3.8, 4) is 5.75 Å². The van der Waals surface area contributed by atoms with Gasteiger partial charge in [-0.3, -0.25) is 0 Å². The molecule has 0 spiro atoms. The highest BCUT2D eigenvalue weighted by molar-refractivity contribution is 5.69. The second-order valence-electron chi connectivity index (χ2n) is 5.02. The summed E-state index contributed by atoms with van der Waals surface area (Å²) in [6.07, 6.45) is 6.68. The monoisotopic (exact) mass is 325 g/mol. The smallest absolute Gasteiger partial charge is 0.227 e. The van der Waals surface area contributed by atoms with Crippen LogP contribution >= 0.6 is 0 Å². The van der Waals surface area contributed by atoms with E-state index in [1.54, 1.807) is 42.7 Å². The Hall–Kier alpha value is -3.28. The van der Waals surface area contributed by atoms with E-state index in [0.29, 0.717) is 0 Å². The Morgan fingerprint density at radius 1 is 0.917 bits per heavy atom. The Labute approximate surface area is 137 Å². The van der Waals surface area contributed by atoms with Crippen molar-refractivity contribution in [3.05, 3.63) is 77.6 Å². The number of halogens is 2. The number of aromatic hydroxyl groups is 1. The third-order valence-electron chi connectivity index (χ3n) is 3.19. The summed E-state index contributed by atoms with van der Waals surface area (Å²) < 4.78 is 26.7. The first-order chi connectivity index (χ1) is 11.6. The molecule has 0 atom stereocenters.